The Morgan fingerprint density at radius 2 is 2.04 bits per heavy atom. The van der Waals surface area contributed by atoms with Crippen molar-refractivity contribution in [1.29, 1.82) is 0 Å². The smallest absolute Gasteiger partial charge is 0.220 e. The molecular formula is C18H14FN3O2. The van der Waals surface area contributed by atoms with Gasteiger partial charge in [-0.1, -0.05) is 18.2 Å². The Bertz CT molecular complexity index is 922. The zero-order valence-electron chi connectivity index (χ0n) is 12.7. The van der Waals surface area contributed by atoms with Crippen LogP contribution in [0.15, 0.2) is 47.1 Å². The summed E-state index contributed by atoms with van der Waals surface area (Å²) >= 11 is 0. The summed E-state index contributed by atoms with van der Waals surface area (Å²) in [5.41, 5.74) is 8.12. The number of nitrogens with zero attached hydrogens (tertiary/aromatic N) is 2. The molecule has 0 radical (unpaired) electrons. The van der Waals surface area contributed by atoms with Crippen molar-refractivity contribution in [2.24, 2.45) is 0 Å². The van der Waals surface area contributed by atoms with Gasteiger partial charge in [0.25, 0.3) is 0 Å². The molecule has 120 valence electrons. The van der Waals surface area contributed by atoms with Crippen molar-refractivity contribution in [2.45, 2.75) is 18.8 Å². The van der Waals surface area contributed by atoms with Gasteiger partial charge in [-0.05, 0) is 30.2 Å². The van der Waals surface area contributed by atoms with Crippen molar-refractivity contribution in [3.63, 3.8) is 0 Å². The number of carbonyl (C=O) groups excluding carboxylic acids is 1. The van der Waals surface area contributed by atoms with E-state index in [0.717, 1.165) is 0 Å². The molecule has 1 aliphatic carbocycles. The number of nitrogens with two attached hydrogens (primary N) is 1. The van der Waals surface area contributed by atoms with Gasteiger partial charge in [0.1, 0.15) is 17.3 Å². The number of nitrogen functional groups attached to an aromatic ring is 1. The van der Waals surface area contributed by atoms with E-state index in [1.165, 1.54) is 12.3 Å². The molecule has 1 aliphatic rings. The first-order chi connectivity index (χ1) is 11.6. The van der Waals surface area contributed by atoms with Crippen LogP contribution >= 0.6 is 0 Å². The van der Waals surface area contributed by atoms with Crippen LogP contribution < -0.4 is 5.73 Å². The van der Waals surface area contributed by atoms with E-state index in [1.54, 1.807) is 30.3 Å². The fourth-order valence-corrected chi connectivity index (χ4v) is 3.14. The Morgan fingerprint density at radius 3 is 2.79 bits per heavy atom. The molecule has 24 heavy (non-hydrogen) atoms. The minimum Gasteiger partial charge on any atom is -0.463 e. The molecule has 2 N–H and O–H groups in total. The second kappa shape index (κ2) is 5.56. The molecule has 1 unspecified atom stereocenters. The number of fused-ring (bicyclic) bond motifs is 1. The van der Waals surface area contributed by atoms with Gasteiger partial charge >= 0.3 is 0 Å². The van der Waals surface area contributed by atoms with Crippen molar-refractivity contribution in [1.82, 2.24) is 9.97 Å². The zero-order valence-corrected chi connectivity index (χ0v) is 12.7. The average Bonchev–Trinajstić information content (AvgIpc) is 3.18. The molecule has 2 aromatic heterocycles. The third-order valence-electron chi connectivity index (χ3n) is 4.26. The van der Waals surface area contributed by atoms with Crippen molar-refractivity contribution >= 4 is 11.7 Å². The normalized spacial score (nSPS) is 16.4. The Morgan fingerprint density at radius 1 is 1.21 bits per heavy atom. The summed E-state index contributed by atoms with van der Waals surface area (Å²) in [7, 11) is 0. The SMILES string of the molecule is Nc1nc(-c2ccco2)c2c(n1)C(Cc1ccccc1F)C(=O)C2. The number of ketones is 1. The fraction of sp³-hybridized carbons (Fsp3) is 0.167. The summed E-state index contributed by atoms with van der Waals surface area (Å²) in [6.07, 6.45) is 1.99. The molecule has 2 heterocycles. The molecule has 0 saturated heterocycles. The van der Waals surface area contributed by atoms with Gasteiger partial charge in [-0.25, -0.2) is 14.4 Å². The molecule has 6 heteroatoms. The van der Waals surface area contributed by atoms with E-state index in [0.29, 0.717) is 28.3 Å². The third kappa shape index (κ3) is 2.36. The number of furan rings is 1. The number of Topliss-reactive ketones (excluding diaryl/α,β-unsaturated/α-hetero) is 1. The fourth-order valence-electron chi connectivity index (χ4n) is 3.14. The molecule has 0 fully saturated rings. The molecule has 1 atom stereocenters. The highest BCUT2D eigenvalue weighted by Gasteiger charge is 2.36. The maximum atomic E-state index is 13.9. The molecule has 1 aromatic carbocycles. The van der Waals surface area contributed by atoms with Crippen molar-refractivity contribution in [3.05, 3.63) is 65.3 Å². The first-order valence-corrected chi connectivity index (χ1v) is 7.59. The first-order valence-electron chi connectivity index (χ1n) is 7.59. The predicted molar refractivity (Wildman–Crippen MR) is 85.7 cm³/mol. The number of carbonyl (C=O) groups is 1. The van der Waals surface area contributed by atoms with Gasteiger partial charge in [-0.2, -0.15) is 0 Å². The van der Waals surface area contributed by atoms with Crippen LogP contribution in [0.2, 0.25) is 0 Å². The Balaban J connectivity index is 1.79. The molecule has 0 bridgehead atoms. The van der Waals surface area contributed by atoms with Gasteiger partial charge in [0.2, 0.25) is 5.95 Å². The van der Waals surface area contributed by atoms with E-state index < -0.39 is 5.92 Å². The molecule has 3 aromatic rings. The quantitative estimate of drug-likeness (QED) is 0.801. The number of hydrogen-bond donors (Lipinski definition) is 1. The van der Waals surface area contributed by atoms with E-state index in [2.05, 4.69) is 9.97 Å². The van der Waals surface area contributed by atoms with Crippen molar-refractivity contribution < 1.29 is 13.6 Å². The van der Waals surface area contributed by atoms with Crippen molar-refractivity contribution in [2.75, 3.05) is 5.73 Å². The van der Waals surface area contributed by atoms with E-state index >= 15 is 0 Å². The molecule has 0 saturated carbocycles. The predicted octanol–water partition coefficient (Wildman–Crippen LogP) is 2.91. The number of anilines is 1. The van der Waals surface area contributed by atoms with E-state index in [-0.39, 0.29) is 30.4 Å². The summed E-state index contributed by atoms with van der Waals surface area (Å²) in [5.74, 6) is -0.239. The lowest BCUT2D eigenvalue weighted by Crippen LogP contribution is -2.12. The van der Waals surface area contributed by atoms with Gasteiger partial charge in [-0.3, -0.25) is 4.79 Å². The number of aromatic nitrogens is 2. The summed E-state index contributed by atoms with van der Waals surface area (Å²) in [4.78, 5) is 21.0. The number of hydrogen-bond acceptors (Lipinski definition) is 5. The van der Waals surface area contributed by atoms with Crippen LogP contribution in [-0.2, 0) is 17.6 Å². The maximum Gasteiger partial charge on any atom is 0.220 e. The Hall–Kier alpha value is -3.02. The van der Waals surface area contributed by atoms with Crippen LogP contribution in [0.3, 0.4) is 0 Å². The van der Waals surface area contributed by atoms with Crippen LogP contribution in [-0.4, -0.2) is 15.8 Å². The minimum absolute atomic E-state index is 0.0130. The second-order valence-electron chi connectivity index (χ2n) is 5.76. The summed E-state index contributed by atoms with van der Waals surface area (Å²) in [6.45, 7) is 0. The highest BCUT2D eigenvalue weighted by atomic mass is 19.1. The highest BCUT2D eigenvalue weighted by Crippen LogP contribution is 2.37. The lowest BCUT2D eigenvalue weighted by molar-refractivity contribution is -0.119. The molecule has 0 spiro atoms. The monoisotopic (exact) mass is 323 g/mol. The highest BCUT2D eigenvalue weighted by molar-refractivity contribution is 5.94. The molecule has 4 rings (SSSR count). The van der Waals surface area contributed by atoms with Crippen LogP contribution in [0, 0.1) is 5.82 Å². The van der Waals surface area contributed by atoms with Crippen molar-refractivity contribution in [3.8, 4) is 11.5 Å². The molecular weight excluding hydrogens is 309 g/mol. The van der Waals surface area contributed by atoms with E-state index in [4.69, 9.17) is 10.2 Å². The topological polar surface area (TPSA) is 82.0 Å². The van der Waals surface area contributed by atoms with Gasteiger partial charge in [-0.15, -0.1) is 0 Å². The summed E-state index contributed by atoms with van der Waals surface area (Å²) in [6, 6.07) is 9.95. The van der Waals surface area contributed by atoms with Gasteiger partial charge in [0, 0.05) is 12.0 Å². The zero-order chi connectivity index (χ0) is 16.7. The molecule has 5 nitrogen and oxygen atoms in total. The number of halogens is 1. The van der Waals surface area contributed by atoms with Gasteiger partial charge in [0.15, 0.2) is 5.76 Å². The number of rotatable bonds is 3. The lowest BCUT2D eigenvalue weighted by Gasteiger charge is -2.11. The van der Waals surface area contributed by atoms with Crippen LogP contribution in [0.1, 0.15) is 22.7 Å². The largest absolute Gasteiger partial charge is 0.463 e. The lowest BCUT2D eigenvalue weighted by atomic mass is 9.96. The van der Waals surface area contributed by atoms with Crippen LogP contribution in [0.5, 0.6) is 0 Å². The van der Waals surface area contributed by atoms with Crippen LogP contribution in [0.4, 0.5) is 10.3 Å². The maximum absolute atomic E-state index is 13.9. The Labute approximate surface area is 137 Å². The van der Waals surface area contributed by atoms with Gasteiger partial charge in [0.05, 0.1) is 17.9 Å². The first kappa shape index (κ1) is 14.6. The standard InChI is InChI=1S/C18H14FN3O2/c19-13-5-2-1-4-10(13)8-11-14(23)9-12-16(11)21-18(20)22-17(12)15-6-3-7-24-15/h1-7,11H,8-9H2,(H2,20,21,22). The summed E-state index contributed by atoms with van der Waals surface area (Å²) < 4.78 is 19.3. The second-order valence-corrected chi connectivity index (χ2v) is 5.76. The Kier molecular flexibility index (Phi) is 3.37. The summed E-state index contributed by atoms with van der Waals surface area (Å²) in [5, 5.41) is 0. The third-order valence-corrected chi connectivity index (χ3v) is 4.26. The van der Waals surface area contributed by atoms with E-state index in [1.807, 2.05) is 0 Å². The molecule has 0 aliphatic heterocycles. The number of benzene rings is 1. The van der Waals surface area contributed by atoms with Gasteiger partial charge < -0.3 is 10.2 Å². The van der Waals surface area contributed by atoms with Crippen LogP contribution in [0.25, 0.3) is 11.5 Å². The minimum atomic E-state index is -0.518. The van der Waals surface area contributed by atoms with E-state index in [9.17, 15) is 9.18 Å². The molecule has 0 amide bonds. The average molecular weight is 323 g/mol.